The molecule has 2 N–H and O–H groups in total. The van der Waals surface area contributed by atoms with Gasteiger partial charge in [-0.25, -0.2) is 6.54 Å². The molecule has 0 aliphatic rings. The summed E-state index contributed by atoms with van der Waals surface area (Å²) in [7, 11) is 0.0681. The number of carbonyl (C=O) groups is 2. The number of methoxy groups -OCH3 is 1. The molecule has 7 heteroatoms. The number of ether oxygens (including phenoxy) is 1. The molecule has 0 bridgehead atoms. The molecule has 0 unspecified atom stereocenters. The molecule has 153 valence electrons. The van der Waals surface area contributed by atoms with Gasteiger partial charge in [0, 0.05) is 46.3 Å². The summed E-state index contributed by atoms with van der Waals surface area (Å²) in [5.74, 6) is 0.330. The van der Waals surface area contributed by atoms with Gasteiger partial charge in [0.05, 0.1) is 7.11 Å². The molecule has 0 heterocycles. The summed E-state index contributed by atoms with van der Waals surface area (Å²) in [5.41, 5.74) is 2.40. The Bertz CT molecular complexity index is 837. The standard InChI is InChI=1S/C22H29N2O3Si.Y/c1-6-23-22(26)20(15-28(3,4)5)24-21(25)18-11-7-9-16(13-18)17-10-8-12-19(14-17)27-2;/h6-14,20H,15H2,1-5H3,(H,23,26)(H,24,25);/q-1;/t20-;/m0./s1. The van der Waals surface area contributed by atoms with Crippen LogP contribution in [-0.4, -0.2) is 33.0 Å². The van der Waals surface area contributed by atoms with E-state index < -0.39 is 14.1 Å². The zero-order valence-electron chi connectivity index (χ0n) is 17.8. The second-order valence-electron chi connectivity index (χ2n) is 7.90. The van der Waals surface area contributed by atoms with Gasteiger partial charge in [-0.15, -0.1) is 0 Å². The zero-order chi connectivity index (χ0) is 20.7. The Morgan fingerprint density at radius 3 is 2.28 bits per heavy atom. The average molecular weight is 486 g/mol. The van der Waals surface area contributed by atoms with Gasteiger partial charge in [-0.1, -0.05) is 43.9 Å². The van der Waals surface area contributed by atoms with Crippen molar-refractivity contribution in [3.05, 3.63) is 60.6 Å². The van der Waals surface area contributed by atoms with Crippen molar-refractivity contribution in [1.29, 1.82) is 0 Å². The van der Waals surface area contributed by atoms with E-state index in [4.69, 9.17) is 4.74 Å². The first-order valence-corrected chi connectivity index (χ1v) is 13.1. The number of amides is 2. The van der Waals surface area contributed by atoms with E-state index in [1.807, 2.05) is 42.5 Å². The maximum atomic E-state index is 12.8. The number of benzene rings is 2. The van der Waals surface area contributed by atoms with Crippen molar-refractivity contribution in [2.45, 2.75) is 38.7 Å². The van der Waals surface area contributed by atoms with E-state index in [0.717, 1.165) is 16.9 Å². The Hall–Kier alpha value is -1.50. The van der Waals surface area contributed by atoms with Crippen molar-refractivity contribution < 1.29 is 47.0 Å². The topological polar surface area (TPSA) is 67.4 Å². The fraction of sp³-hybridized carbons (Fsp3) is 0.318. The molecule has 2 aromatic rings. The summed E-state index contributed by atoms with van der Waals surface area (Å²) in [5, 5.41) is 5.62. The smallest absolute Gasteiger partial charge is 0.251 e. The van der Waals surface area contributed by atoms with Gasteiger partial charge < -0.3 is 15.4 Å². The van der Waals surface area contributed by atoms with Crippen molar-refractivity contribution in [3.8, 4) is 16.9 Å². The van der Waals surface area contributed by atoms with Crippen LogP contribution in [0.25, 0.3) is 11.1 Å². The van der Waals surface area contributed by atoms with Crippen LogP contribution in [0, 0.1) is 6.54 Å². The fourth-order valence-corrected chi connectivity index (χ4v) is 4.46. The predicted octanol–water partition coefficient (Wildman–Crippen LogP) is 4.09. The molecule has 2 rings (SSSR count). The summed E-state index contributed by atoms with van der Waals surface area (Å²) in [4.78, 5) is 25.2. The quantitative estimate of drug-likeness (QED) is 0.436. The van der Waals surface area contributed by atoms with E-state index in [2.05, 4.69) is 30.3 Å². The number of carbonyl (C=O) groups excluding carboxylic acids is 2. The van der Waals surface area contributed by atoms with Crippen LogP contribution < -0.4 is 15.4 Å². The minimum absolute atomic E-state index is 0. The number of nitrogens with one attached hydrogen (secondary N) is 2. The van der Waals surface area contributed by atoms with Crippen LogP contribution in [0.2, 0.25) is 25.7 Å². The minimum atomic E-state index is -1.56. The van der Waals surface area contributed by atoms with Crippen LogP contribution >= 0.6 is 0 Å². The summed E-state index contributed by atoms with van der Waals surface area (Å²) >= 11 is 0. The molecule has 29 heavy (non-hydrogen) atoms. The van der Waals surface area contributed by atoms with Gasteiger partial charge in [0.15, 0.2) is 0 Å². The first-order valence-electron chi connectivity index (χ1n) is 9.37. The first kappa shape index (κ1) is 25.5. The van der Waals surface area contributed by atoms with Crippen LogP contribution in [0.3, 0.4) is 0 Å². The fourth-order valence-electron chi connectivity index (χ4n) is 2.95. The summed E-state index contributed by atoms with van der Waals surface area (Å²) in [6, 6.07) is 15.2. The summed E-state index contributed by atoms with van der Waals surface area (Å²) in [6.07, 6.45) is 0. The second-order valence-corrected chi connectivity index (χ2v) is 13.4. The van der Waals surface area contributed by atoms with E-state index in [0.29, 0.717) is 11.6 Å². The van der Waals surface area contributed by atoms with Crippen LogP contribution in [0.1, 0.15) is 17.3 Å². The Labute approximate surface area is 199 Å². The third-order valence-corrected chi connectivity index (χ3v) is 5.89. The third-order valence-electron chi connectivity index (χ3n) is 4.25. The second kappa shape index (κ2) is 11.6. The molecule has 2 aromatic carbocycles. The van der Waals surface area contributed by atoms with Crippen molar-refractivity contribution in [2.24, 2.45) is 0 Å². The van der Waals surface area contributed by atoms with E-state index >= 15 is 0 Å². The van der Waals surface area contributed by atoms with E-state index in [1.165, 1.54) is 0 Å². The largest absolute Gasteiger partial charge is 0.504 e. The molecular formula is C22H29N2O3SiY-. The van der Waals surface area contributed by atoms with Crippen molar-refractivity contribution in [3.63, 3.8) is 0 Å². The Morgan fingerprint density at radius 1 is 1.07 bits per heavy atom. The molecule has 0 fully saturated rings. The summed E-state index contributed by atoms with van der Waals surface area (Å²) < 4.78 is 5.28. The molecule has 0 aromatic heterocycles. The van der Waals surface area contributed by atoms with Crippen LogP contribution in [0.5, 0.6) is 5.75 Å². The Morgan fingerprint density at radius 2 is 1.69 bits per heavy atom. The summed E-state index contributed by atoms with van der Waals surface area (Å²) in [6.45, 7) is 9.88. The van der Waals surface area contributed by atoms with Crippen LogP contribution in [0.15, 0.2) is 48.5 Å². The van der Waals surface area contributed by atoms with E-state index in [9.17, 15) is 9.59 Å². The third kappa shape index (κ3) is 8.03. The molecule has 0 aliphatic heterocycles. The molecule has 0 aliphatic carbocycles. The van der Waals surface area contributed by atoms with Gasteiger partial charge in [-0.05, 0) is 41.4 Å². The van der Waals surface area contributed by atoms with E-state index in [-0.39, 0.29) is 44.5 Å². The maximum absolute atomic E-state index is 12.8. The monoisotopic (exact) mass is 486 g/mol. The first-order chi connectivity index (χ1) is 13.2. The average Bonchev–Trinajstić information content (AvgIpc) is 2.66. The molecule has 0 saturated heterocycles. The van der Waals surface area contributed by atoms with Crippen molar-refractivity contribution in [1.82, 2.24) is 10.6 Å². The Balaban J connectivity index is 0.00000420. The van der Waals surface area contributed by atoms with Gasteiger partial charge in [0.1, 0.15) is 11.8 Å². The van der Waals surface area contributed by atoms with Crippen molar-refractivity contribution in [2.75, 3.05) is 7.11 Å². The SMILES string of the molecule is C[CH-]NC(=O)[C@H](C[Si](C)(C)C)NC(=O)c1cccc(-c2cccc(OC)c2)c1.[Y]. The van der Waals surface area contributed by atoms with Crippen LogP contribution in [0.4, 0.5) is 0 Å². The number of rotatable bonds is 8. The Kier molecular flexibility index (Phi) is 10.2. The number of hydrogen-bond donors (Lipinski definition) is 2. The molecular weight excluding hydrogens is 457 g/mol. The van der Waals surface area contributed by atoms with Gasteiger partial charge in [0.2, 0.25) is 5.91 Å². The van der Waals surface area contributed by atoms with Crippen LogP contribution in [-0.2, 0) is 37.5 Å². The molecule has 2 amide bonds. The van der Waals surface area contributed by atoms with E-state index in [1.54, 1.807) is 26.6 Å². The molecule has 5 nitrogen and oxygen atoms in total. The zero-order valence-corrected chi connectivity index (χ0v) is 21.6. The number of hydrogen-bond acceptors (Lipinski definition) is 3. The minimum Gasteiger partial charge on any atom is -0.504 e. The normalized spacial score (nSPS) is 11.8. The molecule has 1 radical (unpaired) electrons. The molecule has 0 spiro atoms. The predicted molar refractivity (Wildman–Crippen MR) is 116 cm³/mol. The molecule has 1 atom stereocenters. The van der Waals surface area contributed by atoms with Gasteiger partial charge in [-0.3, -0.25) is 9.59 Å². The molecule has 0 saturated carbocycles. The van der Waals surface area contributed by atoms with Gasteiger partial charge >= 0.3 is 0 Å². The maximum Gasteiger partial charge on any atom is 0.251 e. The van der Waals surface area contributed by atoms with Gasteiger partial charge in [-0.2, -0.15) is 6.92 Å². The van der Waals surface area contributed by atoms with Gasteiger partial charge in [0.25, 0.3) is 5.91 Å². The van der Waals surface area contributed by atoms with Crippen molar-refractivity contribution >= 4 is 19.9 Å².